The van der Waals surface area contributed by atoms with Crippen molar-refractivity contribution < 1.29 is 22.8 Å². The number of carbonyl (C=O) groups excluding carboxylic acids is 2. The molecule has 5 N–H and O–H groups in total. The van der Waals surface area contributed by atoms with Gasteiger partial charge in [-0.3, -0.25) is 9.59 Å². The highest BCUT2D eigenvalue weighted by Crippen LogP contribution is 2.31. The zero-order valence-corrected chi connectivity index (χ0v) is 17.8. The Balaban J connectivity index is 1.46. The number of carbonyl (C=O) groups is 2. The van der Waals surface area contributed by atoms with E-state index < -0.39 is 23.6 Å². The Morgan fingerprint density at radius 3 is 2.47 bits per heavy atom. The molecule has 2 unspecified atom stereocenters. The van der Waals surface area contributed by atoms with Crippen LogP contribution in [-0.2, 0) is 23.8 Å². The van der Waals surface area contributed by atoms with E-state index in [4.69, 9.17) is 5.73 Å². The Labute approximate surface area is 184 Å². The van der Waals surface area contributed by atoms with Crippen molar-refractivity contribution in [2.45, 2.75) is 44.4 Å². The lowest BCUT2D eigenvalue weighted by Gasteiger charge is -2.14. The van der Waals surface area contributed by atoms with Crippen LogP contribution in [0, 0.1) is 0 Å². The van der Waals surface area contributed by atoms with E-state index in [1.165, 1.54) is 11.1 Å². The molecular formula is C23H27F3N4O2. The number of hydrogen-bond donors (Lipinski definition) is 4. The van der Waals surface area contributed by atoms with E-state index in [0.717, 1.165) is 31.4 Å². The molecule has 1 heterocycles. The van der Waals surface area contributed by atoms with Crippen LogP contribution in [0.5, 0.6) is 0 Å². The smallest absolute Gasteiger partial charge is 0.398 e. The van der Waals surface area contributed by atoms with Gasteiger partial charge >= 0.3 is 6.18 Å². The molecule has 32 heavy (non-hydrogen) atoms. The third-order valence-corrected chi connectivity index (χ3v) is 5.54. The number of aryl methyl sites for hydroxylation is 1. The first-order valence-corrected chi connectivity index (χ1v) is 10.5. The maximum atomic E-state index is 12.9. The van der Waals surface area contributed by atoms with Crippen molar-refractivity contribution in [3.05, 3.63) is 64.7 Å². The number of anilines is 1. The molecule has 2 atom stereocenters. The number of nitrogen functional groups attached to an aromatic ring is 1. The molecule has 6 nitrogen and oxygen atoms in total. The second-order valence-corrected chi connectivity index (χ2v) is 7.96. The lowest BCUT2D eigenvalue weighted by molar-refractivity contribution is -0.137. The fraction of sp³-hybridized carbons (Fsp3) is 0.391. The monoisotopic (exact) mass is 448 g/mol. The molecule has 1 aliphatic heterocycles. The average Bonchev–Trinajstić information content (AvgIpc) is 3.18. The second kappa shape index (κ2) is 10.0. The van der Waals surface area contributed by atoms with Crippen LogP contribution in [0.4, 0.5) is 18.9 Å². The van der Waals surface area contributed by atoms with Gasteiger partial charge in [-0.25, -0.2) is 0 Å². The van der Waals surface area contributed by atoms with Crippen LogP contribution in [0.2, 0.25) is 0 Å². The second-order valence-electron chi connectivity index (χ2n) is 7.96. The molecule has 0 radical (unpaired) electrons. The molecule has 3 rings (SSSR count). The number of rotatable bonds is 7. The largest absolute Gasteiger partial charge is 0.416 e. The van der Waals surface area contributed by atoms with Gasteiger partial charge in [0.15, 0.2) is 0 Å². The summed E-state index contributed by atoms with van der Waals surface area (Å²) >= 11 is 0. The fourth-order valence-electron chi connectivity index (χ4n) is 3.74. The van der Waals surface area contributed by atoms with Crippen LogP contribution in [0.1, 0.15) is 40.4 Å². The van der Waals surface area contributed by atoms with Gasteiger partial charge in [-0.1, -0.05) is 31.2 Å². The predicted molar refractivity (Wildman–Crippen MR) is 116 cm³/mol. The third kappa shape index (κ3) is 6.23. The van der Waals surface area contributed by atoms with Gasteiger partial charge in [0.2, 0.25) is 5.91 Å². The maximum absolute atomic E-state index is 12.9. The number of nitrogens with one attached hydrogen (secondary N) is 3. The number of alkyl halides is 3. The molecule has 0 spiro atoms. The van der Waals surface area contributed by atoms with Crippen molar-refractivity contribution in [2.24, 2.45) is 0 Å². The van der Waals surface area contributed by atoms with E-state index in [1.807, 2.05) is 0 Å². The minimum atomic E-state index is -4.59. The molecule has 0 aromatic heterocycles. The van der Waals surface area contributed by atoms with Gasteiger partial charge in [-0.05, 0) is 48.6 Å². The van der Waals surface area contributed by atoms with Gasteiger partial charge in [0.05, 0.1) is 17.7 Å². The van der Waals surface area contributed by atoms with E-state index in [9.17, 15) is 22.8 Å². The minimum Gasteiger partial charge on any atom is -0.398 e. The molecule has 1 saturated heterocycles. The topological polar surface area (TPSA) is 96.2 Å². The highest BCUT2D eigenvalue weighted by Gasteiger charge is 2.31. The molecule has 2 amide bonds. The van der Waals surface area contributed by atoms with Crippen LogP contribution in [0.3, 0.4) is 0 Å². The van der Waals surface area contributed by atoms with Gasteiger partial charge in [0.1, 0.15) is 0 Å². The van der Waals surface area contributed by atoms with E-state index in [-0.39, 0.29) is 29.9 Å². The molecule has 9 heteroatoms. The molecule has 0 aliphatic carbocycles. The van der Waals surface area contributed by atoms with Crippen molar-refractivity contribution >= 4 is 17.5 Å². The lowest BCUT2D eigenvalue weighted by atomic mass is 10.0. The average molecular weight is 448 g/mol. The van der Waals surface area contributed by atoms with Gasteiger partial charge in [0, 0.05) is 24.3 Å². The number of benzene rings is 2. The highest BCUT2D eigenvalue weighted by molar-refractivity contribution is 6.00. The highest BCUT2D eigenvalue weighted by atomic mass is 19.4. The van der Waals surface area contributed by atoms with Crippen molar-refractivity contribution in [1.82, 2.24) is 16.0 Å². The zero-order valence-electron chi connectivity index (χ0n) is 17.8. The summed E-state index contributed by atoms with van der Waals surface area (Å²) in [4.78, 5) is 24.5. The van der Waals surface area contributed by atoms with E-state index in [0.29, 0.717) is 12.6 Å². The van der Waals surface area contributed by atoms with Crippen LogP contribution in [-0.4, -0.2) is 37.0 Å². The van der Waals surface area contributed by atoms with Gasteiger partial charge < -0.3 is 21.7 Å². The Hall–Kier alpha value is -3.07. The standard InChI is InChI=1S/C23H27F3N4O2/c1-2-14-3-5-15(6-4-14)9-17-11-18(12-28-17)30-21(31)13-29-22(32)19-10-16(23(24,25)26)7-8-20(19)27/h3-8,10,17-18,28H,2,9,11-13,27H2,1H3,(H,29,32)(H,30,31). The predicted octanol–water partition coefficient (Wildman–Crippen LogP) is 2.67. The molecule has 1 fully saturated rings. The first-order valence-electron chi connectivity index (χ1n) is 10.5. The quantitative estimate of drug-likeness (QED) is 0.490. The number of amides is 2. The Kier molecular flexibility index (Phi) is 7.40. The number of hydrogen-bond acceptors (Lipinski definition) is 4. The first kappa shape index (κ1) is 23.6. The van der Waals surface area contributed by atoms with Crippen LogP contribution in [0.25, 0.3) is 0 Å². The molecule has 0 bridgehead atoms. The Morgan fingerprint density at radius 1 is 1.12 bits per heavy atom. The number of halogens is 3. The van der Waals surface area contributed by atoms with Crippen molar-refractivity contribution in [3.8, 4) is 0 Å². The minimum absolute atomic E-state index is 0.0852. The van der Waals surface area contributed by atoms with Gasteiger partial charge in [-0.15, -0.1) is 0 Å². The normalized spacial score (nSPS) is 18.4. The summed E-state index contributed by atoms with van der Waals surface area (Å²) < 4.78 is 38.6. The Bertz CT molecular complexity index is 961. The van der Waals surface area contributed by atoms with E-state index in [1.54, 1.807) is 0 Å². The van der Waals surface area contributed by atoms with Gasteiger partial charge in [0.25, 0.3) is 5.91 Å². The molecular weight excluding hydrogens is 421 g/mol. The Morgan fingerprint density at radius 2 is 1.81 bits per heavy atom. The summed E-state index contributed by atoms with van der Waals surface area (Å²) in [6.45, 7) is 2.37. The first-order chi connectivity index (χ1) is 15.2. The molecule has 0 saturated carbocycles. The van der Waals surface area contributed by atoms with Crippen molar-refractivity contribution in [1.29, 1.82) is 0 Å². The summed E-state index contributed by atoms with van der Waals surface area (Å²) in [6.07, 6.45) is -2.01. The van der Waals surface area contributed by atoms with E-state index >= 15 is 0 Å². The fourth-order valence-corrected chi connectivity index (χ4v) is 3.74. The van der Waals surface area contributed by atoms with Crippen molar-refractivity contribution in [2.75, 3.05) is 18.8 Å². The van der Waals surface area contributed by atoms with Crippen LogP contribution < -0.4 is 21.7 Å². The summed E-state index contributed by atoms with van der Waals surface area (Å²) in [5, 5.41) is 8.56. The van der Waals surface area contributed by atoms with Crippen LogP contribution >= 0.6 is 0 Å². The summed E-state index contributed by atoms with van der Waals surface area (Å²) in [7, 11) is 0. The third-order valence-electron chi connectivity index (χ3n) is 5.54. The zero-order chi connectivity index (χ0) is 23.3. The van der Waals surface area contributed by atoms with Crippen LogP contribution in [0.15, 0.2) is 42.5 Å². The SMILES string of the molecule is CCc1ccc(CC2CC(NC(=O)CNC(=O)c3cc(C(F)(F)F)ccc3N)CN2)cc1. The molecule has 2 aromatic carbocycles. The summed E-state index contributed by atoms with van der Waals surface area (Å²) in [6, 6.07) is 11.1. The summed E-state index contributed by atoms with van der Waals surface area (Å²) in [5.74, 6) is -1.25. The summed E-state index contributed by atoms with van der Waals surface area (Å²) in [5.41, 5.74) is 6.75. The molecule has 2 aromatic rings. The number of nitrogens with two attached hydrogens (primary N) is 1. The van der Waals surface area contributed by atoms with Gasteiger partial charge in [-0.2, -0.15) is 13.2 Å². The molecule has 172 valence electrons. The van der Waals surface area contributed by atoms with Crippen molar-refractivity contribution in [3.63, 3.8) is 0 Å². The molecule has 1 aliphatic rings. The lowest BCUT2D eigenvalue weighted by Crippen LogP contribution is -2.42. The maximum Gasteiger partial charge on any atom is 0.416 e. The van der Waals surface area contributed by atoms with E-state index in [2.05, 4.69) is 47.1 Å².